The van der Waals surface area contributed by atoms with E-state index in [-0.39, 0.29) is 5.82 Å². The first-order chi connectivity index (χ1) is 8.20. The van der Waals surface area contributed by atoms with Gasteiger partial charge in [0.25, 0.3) is 0 Å². The average Bonchev–Trinajstić information content (AvgIpc) is 2.21. The first-order valence-electron chi connectivity index (χ1n) is 6.09. The van der Waals surface area contributed by atoms with E-state index in [2.05, 4.69) is 17.1 Å². The minimum Gasteiger partial charge on any atom is -0.314 e. The second-order valence-corrected chi connectivity index (χ2v) is 4.93. The lowest BCUT2D eigenvalue weighted by molar-refractivity contribution is 0.137. The Labute approximate surface area is 107 Å². The Kier molecular flexibility index (Phi) is 4.37. The molecule has 0 atom stereocenters. The van der Waals surface area contributed by atoms with E-state index in [9.17, 15) is 4.39 Å². The highest BCUT2D eigenvalue weighted by molar-refractivity contribution is 6.31. The minimum atomic E-state index is -0.215. The van der Waals surface area contributed by atoms with Crippen molar-refractivity contribution in [3.8, 4) is 0 Å². The van der Waals surface area contributed by atoms with Gasteiger partial charge in [0, 0.05) is 30.7 Å². The van der Waals surface area contributed by atoms with Crippen LogP contribution in [0.15, 0.2) is 18.2 Å². The van der Waals surface area contributed by atoms with Crippen molar-refractivity contribution in [2.45, 2.75) is 25.9 Å². The predicted octanol–water partition coefficient (Wildman–Crippen LogP) is 2.66. The van der Waals surface area contributed by atoms with Crippen molar-refractivity contribution >= 4 is 11.6 Å². The molecule has 4 heteroatoms. The number of benzene rings is 1. The zero-order valence-corrected chi connectivity index (χ0v) is 10.8. The highest BCUT2D eigenvalue weighted by Gasteiger charge is 2.24. The number of hydrogen-bond donors (Lipinski definition) is 1. The number of nitrogens with zero attached hydrogens (tertiary/aromatic N) is 1. The van der Waals surface area contributed by atoms with Crippen LogP contribution in [0.4, 0.5) is 4.39 Å². The van der Waals surface area contributed by atoms with Gasteiger partial charge < -0.3 is 5.32 Å². The molecule has 0 bridgehead atoms. The molecule has 0 aromatic heterocycles. The van der Waals surface area contributed by atoms with Crippen molar-refractivity contribution in [1.82, 2.24) is 10.2 Å². The second-order valence-electron chi connectivity index (χ2n) is 4.52. The molecule has 17 heavy (non-hydrogen) atoms. The number of halogens is 2. The predicted molar refractivity (Wildman–Crippen MR) is 68.8 cm³/mol. The lowest BCUT2D eigenvalue weighted by Crippen LogP contribution is -2.57. The first-order valence-corrected chi connectivity index (χ1v) is 6.47. The normalized spacial score (nSPS) is 16.2. The molecule has 0 unspecified atom stereocenters. The van der Waals surface area contributed by atoms with Crippen molar-refractivity contribution in [1.29, 1.82) is 0 Å². The lowest BCUT2D eigenvalue weighted by Gasteiger charge is -2.38. The summed E-state index contributed by atoms with van der Waals surface area (Å²) in [5.74, 6) is -0.215. The topological polar surface area (TPSA) is 15.3 Å². The van der Waals surface area contributed by atoms with Crippen LogP contribution in [0.2, 0.25) is 5.02 Å². The molecular weight excluding hydrogens is 239 g/mol. The Morgan fingerprint density at radius 2 is 2.24 bits per heavy atom. The SMILES string of the molecule is CCCN(Cc1cc(F)ccc1Cl)C1CNC1. The monoisotopic (exact) mass is 256 g/mol. The van der Waals surface area contributed by atoms with Gasteiger partial charge in [-0.05, 0) is 36.7 Å². The van der Waals surface area contributed by atoms with Crippen LogP contribution in [-0.2, 0) is 6.54 Å². The summed E-state index contributed by atoms with van der Waals surface area (Å²) in [6, 6.07) is 5.14. The van der Waals surface area contributed by atoms with Crippen LogP contribution in [-0.4, -0.2) is 30.6 Å². The summed E-state index contributed by atoms with van der Waals surface area (Å²) in [6.45, 7) is 5.96. The molecule has 0 aliphatic carbocycles. The van der Waals surface area contributed by atoms with Gasteiger partial charge in [0.2, 0.25) is 0 Å². The molecule has 2 nitrogen and oxygen atoms in total. The zero-order chi connectivity index (χ0) is 12.3. The van der Waals surface area contributed by atoms with E-state index < -0.39 is 0 Å². The zero-order valence-electron chi connectivity index (χ0n) is 10.0. The highest BCUT2D eigenvalue weighted by Crippen LogP contribution is 2.20. The fourth-order valence-electron chi connectivity index (χ4n) is 2.09. The van der Waals surface area contributed by atoms with Gasteiger partial charge in [-0.25, -0.2) is 4.39 Å². The van der Waals surface area contributed by atoms with Gasteiger partial charge in [0.1, 0.15) is 5.82 Å². The van der Waals surface area contributed by atoms with E-state index >= 15 is 0 Å². The average molecular weight is 257 g/mol. The summed E-state index contributed by atoms with van der Waals surface area (Å²) >= 11 is 6.10. The Hall–Kier alpha value is -0.640. The molecular formula is C13H18ClFN2. The van der Waals surface area contributed by atoms with Crippen LogP contribution in [0, 0.1) is 5.82 Å². The summed E-state index contributed by atoms with van der Waals surface area (Å²) in [5.41, 5.74) is 0.881. The maximum absolute atomic E-state index is 13.2. The lowest BCUT2D eigenvalue weighted by atomic mass is 10.1. The molecule has 0 radical (unpaired) electrons. The van der Waals surface area contributed by atoms with Gasteiger partial charge in [0.05, 0.1) is 0 Å². The largest absolute Gasteiger partial charge is 0.314 e. The van der Waals surface area contributed by atoms with Crippen LogP contribution >= 0.6 is 11.6 Å². The Balaban J connectivity index is 2.07. The van der Waals surface area contributed by atoms with Gasteiger partial charge in [0.15, 0.2) is 0 Å². The van der Waals surface area contributed by atoms with E-state index in [1.54, 1.807) is 6.07 Å². The molecule has 1 aliphatic rings. The van der Waals surface area contributed by atoms with Crippen LogP contribution in [0.1, 0.15) is 18.9 Å². The third-order valence-corrected chi connectivity index (χ3v) is 3.54. The molecule has 1 fully saturated rings. The Bertz CT molecular complexity index is 380. The summed E-state index contributed by atoms with van der Waals surface area (Å²) in [4.78, 5) is 2.37. The molecule has 1 saturated heterocycles. The van der Waals surface area contributed by atoms with Gasteiger partial charge in [-0.15, -0.1) is 0 Å². The van der Waals surface area contributed by atoms with E-state index in [1.807, 2.05) is 0 Å². The molecule has 2 rings (SSSR count). The molecule has 1 N–H and O–H groups in total. The first kappa shape index (κ1) is 12.8. The summed E-state index contributed by atoms with van der Waals surface area (Å²) in [6.07, 6.45) is 1.10. The standard InChI is InChI=1S/C13H18ClFN2/c1-2-5-17(12-7-16-8-12)9-10-6-11(15)3-4-13(10)14/h3-4,6,12,16H,2,5,7-9H2,1H3. The maximum Gasteiger partial charge on any atom is 0.123 e. The fourth-order valence-corrected chi connectivity index (χ4v) is 2.27. The highest BCUT2D eigenvalue weighted by atomic mass is 35.5. The van der Waals surface area contributed by atoms with Crippen molar-refractivity contribution < 1.29 is 4.39 Å². The number of rotatable bonds is 5. The molecule has 94 valence electrons. The van der Waals surface area contributed by atoms with Crippen LogP contribution < -0.4 is 5.32 Å². The Morgan fingerprint density at radius 3 is 2.82 bits per heavy atom. The van der Waals surface area contributed by atoms with Gasteiger partial charge in [-0.2, -0.15) is 0 Å². The molecule has 0 saturated carbocycles. The van der Waals surface area contributed by atoms with Crippen molar-refractivity contribution in [3.05, 3.63) is 34.6 Å². The molecule has 0 amide bonds. The van der Waals surface area contributed by atoms with Crippen molar-refractivity contribution in [2.24, 2.45) is 0 Å². The third kappa shape index (κ3) is 3.18. The Morgan fingerprint density at radius 1 is 1.47 bits per heavy atom. The smallest absolute Gasteiger partial charge is 0.123 e. The summed E-state index contributed by atoms with van der Waals surface area (Å²) < 4.78 is 13.2. The number of nitrogens with one attached hydrogen (secondary N) is 1. The van der Waals surface area contributed by atoms with E-state index in [1.165, 1.54) is 12.1 Å². The van der Waals surface area contributed by atoms with E-state index in [0.717, 1.165) is 38.2 Å². The maximum atomic E-state index is 13.2. The van der Waals surface area contributed by atoms with Gasteiger partial charge >= 0.3 is 0 Å². The van der Waals surface area contributed by atoms with Crippen LogP contribution in [0.5, 0.6) is 0 Å². The summed E-state index contributed by atoms with van der Waals surface area (Å²) in [7, 11) is 0. The van der Waals surface area contributed by atoms with E-state index in [0.29, 0.717) is 11.1 Å². The van der Waals surface area contributed by atoms with Crippen LogP contribution in [0.3, 0.4) is 0 Å². The van der Waals surface area contributed by atoms with Crippen molar-refractivity contribution in [3.63, 3.8) is 0 Å². The van der Waals surface area contributed by atoms with Crippen LogP contribution in [0.25, 0.3) is 0 Å². The second kappa shape index (κ2) is 5.80. The van der Waals surface area contributed by atoms with E-state index in [4.69, 9.17) is 11.6 Å². The molecule has 1 heterocycles. The molecule has 1 aromatic carbocycles. The van der Waals surface area contributed by atoms with Gasteiger partial charge in [-0.3, -0.25) is 4.90 Å². The number of hydrogen-bond acceptors (Lipinski definition) is 2. The fraction of sp³-hybridized carbons (Fsp3) is 0.538. The molecule has 1 aromatic rings. The van der Waals surface area contributed by atoms with Crippen molar-refractivity contribution in [2.75, 3.05) is 19.6 Å². The minimum absolute atomic E-state index is 0.215. The quantitative estimate of drug-likeness (QED) is 0.871. The van der Waals surface area contributed by atoms with Gasteiger partial charge in [-0.1, -0.05) is 18.5 Å². The summed E-state index contributed by atoms with van der Waals surface area (Å²) in [5, 5.41) is 3.92. The third-order valence-electron chi connectivity index (χ3n) is 3.17. The molecule has 0 spiro atoms. The molecule has 1 aliphatic heterocycles.